The van der Waals surface area contributed by atoms with Crippen LogP contribution in [-0.4, -0.2) is 53.1 Å². The van der Waals surface area contributed by atoms with Gasteiger partial charge in [0.2, 0.25) is 5.91 Å². The topological polar surface area (TPSA) is 66.9 Å². The molecule has 138 valence electrons. The fourth-order valence-electron chi connectivity index (χ4n) is 2.87. The molecule has 0 radical (unpaired) electrons. The van der Waals surface area contributed by atoms with Gasteiger partial charge in [0.05, 0.1) is 16.5 Å². The Labute approximate surface area is 161 Å². The van der Waals surface area contributed by atoms with Crippen molar-refractivity contribution in [1.82, 2.24) is 9.80 Å². The van der Waals surface area contributed by atoms with Crippen molar-refractivity contribution in [2.24, 2.45) is 0 Å². The fourth-order valence-corrected chi connectivity index (χ4v) is 3.95. The molecule has 2 fully saturated rings. The Morgan fingerprint density at radius 2 is 2.04 bits per heavy atom. The summed E-state index contributed by atoms with van der Waals surface area (Å²) in [6.45, 7) is 3.55. The van der Waals surface area contributed by atoms with Gasteiger partial charge in [-0.2, -0.15) is 0 Å². The number of imide groups is 1. The van der Waals surface area contributed by atoms with Gasteiger partial charge in [-0.3, -0.25) is 19.3 Å². The Hall–Kier alpha value is -1.99. The highest BCUT2D eigenvalue weighted by Gasteiger charge is 2.37. The lowest BCUT2D eigenvalue weighted by molar-refractivity contribution is -0.135. The van der Waals surface area contributed by atoms with E-state index in [1.165, 1.54) is 0 Å². The molecule has 2 heterocycles. The molecule has 1 aromatic carbocycles. The number of likely N-dealkylation sites (tertiary alicyclic amines) is 1. The number of ether oxygens (including phenoxy) is 1. The Morgan fingerprint density at radius 3 is 2.69 bits per heavy atom. The molecule has 2 saturated heterocycles. The molecule has 0 bridgehead atoms. The molecule has 3 rings (SSSR count). The van der Waals surface area contributed by atoms with Crippen molar-refractivity contribution >= 4 is 46.5 Å². The predicted octanol–water partition coefficient (Wildman–Crippen LogP) is 3.40. The van der Waals surface area contributed by atoms with Crippen LogP contribution in [0.4, 0.5) is 4.79 Å². The Bertz CT molecular complexity index is 774. The molecule has 2 aliphatic rings. The van der Waals surface area contributed by atoms with Gasteiger partial charge in [0, 0.05) is 13.1 Å². The van der Waals surface area contributed by atoms with Gasteiger partial charge in [-0.1, -0.05) is 17.7 Å². The van der Waals surface area contributed by atoms with Gasteiger partial charge in [-0.25, -0.2) is 0 Å². The lowest BCUT2D eigenvalue weighted by Crippen LogP contribution is -2.40. The third-order valence-electron chi connectivity index (χ3n) is 4.18. The van der Waals surface area contributed by atoms with E-state index in [2.05, 4.69) is 0 Å². The van der Waals surface area contributed by atoms with Gasteiger partial charge in [0.25, 0.3) is 11.1 Å². The lowest BCUT2D eigenvalue weighted by atomic mass is 10.2. The van der Waals surface area contributed by atoms with Crippen molar-refractivity contribution < 1.29 is 19.1 Å². The molecule has 0 aromatic heterocycles. The van der Waals surface area contributed by atoms with E-state index in [0.717, 1.165) is 29.5 Å². The summed E-state index contributed by atoms with van der Waals surface area (Å²) >= 11 is 6.99. The predicted molar refractivity (Wildman–Crippen MR) is 101 cm³/mol. The van der Waals surface area contributed by atoms with Crippen LogP contribution in [0.15, 0.2) is 23.1 Å². The van der Waals surface area contributed by atoms with Crippen LogP contribution in [0.3, 0.4) is 0 Å². The standard InChI is InChI=1S/C18H19ClN2O4S/c1-2-25-14-6-5-12(9-13(14)19)10-15-17(23)21(18(24)26-15)11-16(22)20-7-3-4-8-20/h5-6,9-10H,2-4,7-8,11H2,1H3/b15-10-. The van der Waals surface area contributed by atoms with E-state index in [1.54, 1.807) is 29.2 Å². The summed E-state index contributed by atoms with van der Waals surface area (Å²) in [4.78, 5) is 39.9. The van der Waals surface area contributed by atoms with Crippen molar-refractivity contribution in [3.8, 4) is 5.75 Å². The molecule has 2 aliphatic heterocycles. The first-order chi connectivity index (χ1) is 12.5. The lowest BCUT2D eigenvalue weighted by Gasteiger charge is -2.18. The van der Waals surface area contributed by atoms with Crippen LogP contribution in [0.2, 0.25) is 5.02 Å². The zero-order chi connectivity index (χ0) is 18.7. The maximum Gasteiger partial charge on any atom is 0.294 e. The van der Waals surface area contributed by atoms with Crippen LogP contribution in [0.1, 0.15) is 25.3 Å². The molecule has 8 heteroatoms. The van der Waals surface area contributed by atoms with Crippen molar-refractivity contribution in [3.05, 3.63) is 33.7 Å². The van der Waals surface area contributed by atoms with Crippen molar-refractivity contribution in [3.63, 3.8) is 0 Å². The van der Waals surface area contributed by atoms with E-state index < -0.39 is 11.1 Å². The SMILES string of the molecule is CCOc1ccc(/C=C2\SC(=O)N(CC(=O)N3CCCC3)C2=O)cc1Cl. The number of hydrogen-bond donors (Lipinski definition) is 0. The number of carbonyl (C=O) groups is 3. The summed E-state index contributed by atoms with van der Waals surface area (Å²) in [7, 11) is 0. The highest BCUT2D eigenvalue weighted by molar-refractivity contribution is 8.18. The van der Waals surface area contributed by atoms with E-state index in [0.29, 0.717) is 36.0 Å². The minimum absolute atomic E-state index is 0.185. The van der Waals surface area contributed by atoms with E-state index in [9.17, 15) is 14.4 Å². The highest BCUT2D eigenvalue weighted by atomic mass is 35.5. The largest absolute Gasteiger partial charge is 0.492 e. The minimum atomic E-state index is -0.447. The second-order valence-electron chi connectivity index (χ2n) is 5.98. The fraction of sp³-hybridized carbons (Fsp3) is 0.389. The Balaban J connectivity index is 1.72. The summed E-state index contributed by atoms with van der Waals surface area (Å²) in [5, 5.41) is 0.00914. The summed E-state index contributed by atoms with van der Waals surface area (Å²) in [6.07, 6.45) is 3.53. The molecular weight excluding hydrogens is 376 g/mol. The number of thioether (sulfide) groups is 1. The van der Waals surface area contributed by atoms with E-state index in [4.69, 9.17) is 16.3 Å². The summed E-state index contributed by atoms with van der Waals surface area (Å²) in [6, 6.07) is 5.16. The number of amides is 3. The van der Waals surface area contributed by atoms with Crippen LogP contribution in [0.25, 0.3) is 6.08 Å². The molecule has 0 unspecified atom stereocenters. The smallest absolute Gasteiger partial charge is 0.294 e. The highest BCUT2D eigenvalue weighted by Crippen LogP contribution is 2.33. The molecule has 0 aliphatic carbocycles. The average Bonchev–Trinajstić information content (AvgIpc) is 3.22. The molecule has 3 amide bonds. The normalized spacial score (nSPS) is 18.9. The van der Waals surface area contributed by atoms with Gasteiger partial charge in [0.1, 0.15) is 12.3 Å². The van der Waals surface area contributed by atoms with Crippen LogP contribution < -0.4 is 4.74 Å². The molecule has 0 atom stereocenters. The molecular formula is C18H19ClN2O4S. The van der Waals surface area contributed by atoms with Crippen LogP contribution >= 0.6 is 23.4 Å². The van der Waals surface area contributed by atoms with Crippen molar-refractivity contribution in [2.75, 3.05) is 26.2 Å². The number of nitrogens with zero attached hydrogens (tertiary/aromatic N) is 2. The molecule has 1 aromatic rings. The number of carbonyl (C=O) groups excluding carboxylic acids is 3. The number of halogens is 1. The monoisotopic (exact) mass is 394 g/mol. The third kappa shape index (κ3) is 4.04. The maximum absolute atomic E-state index is 12.5. The number of hydrogen-bond acceptors (Lipinski definition) is 5. The van der Waals surface area contributed by atoms with Crippen molar-refractivity contribution in [2.45, 2.75) is 19.8 Å². The van der Waals surface area contributed by atoms with Crippen LogP contribution in [-0.2, 0) is 9.59 Å². The van der Waals surface area contributed by atoms with Gasteiger partial charge < -0.3 is 9.64 Å². The summed E-state index contributed by atoms with van der Waals surface area (Å²) < 4.78 is 5.38. The molecule has 0 saturated carbocycles. The van der Waals surface area contributed by atoms with Gasteiger partial charge >= 0.3 is 0 Å². The van der Waals surface area contributed by atoms with Crippen LogP contribution in [0.5, 0.6) is 5.75 Å². The van der Waals surface area contributed by atoms with Gasteiger partial charge in [-0.15, -0.1) is 0 Å². The van der Waals surface area contributed by atoms with Crippen molar-refractivity contribution in [1.29, 1.82) is 0 Å². The zero-order valence-corrected chi connectivity index (χ0v) is 15.9. The number of benzene rings is 1. The molecule has 0 spiro atoms. The number of rotatable bonds is 5. The zero-order valence-electron chi connectivity index (χ0n) is 14.4. The first-order valence-corrected chi connectivity index (χ1v) is 9.64. The quantitative estimate of drug-likeness (QED) is 0.716. The van der Waals surface area contributed by atoms with E-state index in [1.807, 2.05) is 6.92 Å². The third-order valence-corrected chi connectivity index (χ3v) is 5.38. The molecule has 6 nitrogen and oxygen atoms in total. The summed E-state index contributed by atoms with van der Waals surface area (Å²) in [5.41, 5.74) is 0.690. The van der Waals surface area contributed by atoms with Gasteiger partial charge in [0.15, 0.2) is 0 Å². The molecule has 0 N–H and O–H groups in total. The summed E-state index contributed by atoms with van der Waals surface area (Å²) in [5.74, 6) is -0.0663. The maximum atomic E-state index is 12.5. The second-order valence-corrected chi connectivity index (χ2v) is 7.38. The first-order valence-electron chi connectivity index (χ1n) is 8.45. The van der Waals surface area contributed by atoms with E-state index >= 15 is 0 Å². The first kappa shape index (κ1) is 18.8. The Kier molecular flexibility index (Phi) is 5.88. The average molecular weight is 395 g/mol. The van der Waals surface area contributed by atoms with Gasteiger partial charge in [-0.05, 0) is 55.3 Å². The van der Waals surface area contributed by atoms with E-state index in [-0.39, 0.29) is 17.4 Å². The Morgan fingerprint density at radius 1 is 1.31 bits per heavy atom. The molecule has 26 heavy (non-hydrogen) atoms. The second kappa shape index (κ2) is 8.14. The van der Waals surface area contributed by atoms with Crippen LogP contribution in [0, 0.1) is 0 Å². The minimum Gasteiger partial charge on any atom is -0.492 e.